The van der Waals surface area contributed by atoms with E-state index in [2.05, 4.69) is 15.3 Å². The van der Waals surface area contributed by atoms with Gasteiger partial charge in [0.05, 0.1) is 21.3 Å². The Labute approximate surface area is 186 Å². The molecule has 4 rings (SSSR count). The number of aromatic nitrogens is 2. The van der Waals surface area contributed by atoms with Gasteiger partial charge in [0.2, 0.25) is 17.6 Å². The topological polar surface area (TPSA) is 99.0 Å². The van der Waals surface area contributed by atoms with Gasteiger partial charge in [0.1, 0.15) is 11.5 Å². The molecule has 168 valence electrons. The minimum atomic E-state index is 0.0634. The SMILES string of the molecule is COc1cc(Nc2ncc(C)c(-c3cc4c(o3)CCN(C(C)=O)C4)n2)cc(OC)c1OC. The molecule has 0 aliphatic carbocycles. The van der Waals surface area contributed by atoms with Gasteiger partial charge >= 0.3 is 0 Å². The van der Waals surface area contributed by atoms with E-state index in [-0.39, 0.29) is 5.91 Å². The van der Waals surface area contributed by atoms with Gasteiger partial charge in [-0.15, -0.1) is 0 Å². The maximum atomic E-state index is 11.7. The Morgan fingerprint density at radius 2 is 1.84 bits per heavy atom. The predicted octanol–water partition coefficient (Wildman–Crippen LogP) is 3.72. The summed E-state index contributed by atoms with van der Waals surface area (Å²) in [4.78, 5) is 22.6. The van der Waals surface area contributed by atoms with Crippen LogP contribution in [0, 0.1) is 6.92 Å². The molecule has 32 heavy (non-hydrogen) atoms. The van der Waals surface area contributed by atoms with E-state index in [1.54, 1.807) is 46.6 Å². The number of anilines is 2. The first-order chi connectivity index (χ1) is 15.4. The third-order valence-corrected chi connectivity index (χ3v) is 5.44. The summed E-state index contributed by atoms with van der Waals surface area (Å²) in [5.74, 6) is 3.58. The molecule has 1 amide bonds. The van der Waals surface area contributed by atoms with E-state index in [4.69, 9.17) is 18.6 Å². The lowest BCUT2D eigenvalue weighted by Gasteiger charge is -2.24. The van der Waals surface area contributed by atoms with Crippen LogP contribution in [-0.4, -0.2) is 48.6 Å². The predicted molar refractivity (Wildman–Crippen MR) is 119 cm³/mol. The molecule has 3 aromatic rings. The number of nitrogens with zero attached hydrogens (tertiary/aromatic N) is 3. The summed E-state index contributed by atoms with van der Waals surface area (Å²) in [6.07, 6.45) is 2.43. The molecule has 0 atom stereocenters. The summed E-state index contributed by atoms with van der Waals surface area (Å²) in [6, 6.07) is 5.53. The summed E-state index contributed by atoms with van der Waals surface area (Å²) in [6.45, 7) is 4.73. The Kier molecular flexibility index (Phi) is 5.89. The van der Waals surface area contributed by atoms with Crippen molar-refractivity contribution >= 4 is 17.5 Å². The lowest BCUT2D eigenvalue weighted by Crippen LogP contribution is -2.33. The molecule has 0 saturated carbocycles. The quantitative estimate of drug-likeness (QED) is 0.622. The zero-order valence-corrected chi connectivity index (χ0v) is 18.8. The highest BCUT2D eigenvalue weighted by Crippen LogP contribution is 2.40. The van der Waals surface area contributed by atoms with Crippen molar-refractivity contribution < 1.29 is 23.4 Å². The number of carbonyl (C=O) groups is 1. The van der Waals surface area contributed by atoms with E-state index in [0.717, 1.165) is 16.9 Å². The van der Waals surface area contributed by atoms with Gasteiger partial charge in [-0.1, -0.05) is 0 Å². The van der Waals surface area contributed by atoms with Gasteiger partial charge in [0.15, 0.2) is 17.3 Å². The molecule has 9 nitrogen and oxygen atoms in total. The highest BCUT2D eigenvalue weighted by Gasteiger charge is 2.24. The maximum absolute atomic E-state index is 11.7. The molecular weight excluding hydrogens is 412 g/mol. The van der Waals surface area contributed by atoms with E-state index in [9.17, 15) is 4.79 Å². The van der Waals surface area contributed by atoms with Crippen LogP contribution in [0.4, 0.5) is 11.6 Å². The molecule has 2 aromatic heterocycles. The minimum Gasteiger partial charge on any atom is -0.493 e. The Hall–Kier alpha value is -3.75. The number of carbonyl (C=O) groups excluding carboxylic acids is 1. The number of rotatable bonds is 6. The Balaban J connectivity index is 1.64. The van der Waals surface area contributed by atoms with Crippen molar-refractivity contribution in [3.8, 4) is 28.7 Å². The van der Waals surface area contributed by atoms with Crippen molar-refractivity contribution in [1.82, 2.24) is 14.9 Å². The largest absolute Gasteiger partial charge is 0.493 e. The van der Waals surface area contributed by atoms with Gasteiger partial charge in [-0.3, -0.25) is 4.79 Å². The zero-order chi connectivity index (χ0) is 22.8. The van der Waals surface area contributed by atoms with E-state index in [0.29, 0.717) is 59.8 Å². The smallest absolute Gasteiger partial charge is 0.227 e. The first-order valence-electron chi connectivity index (χ1n) is 10.2. The third kappa shape index (κ3) is 4.05. The van der Waals surface area contributed by atoms with Gasteiger partial charge in [-0.2, -0.15) is 0 Å². The van der Waals surface area contributed by atoms with Crippen LogP contribution in [0.15, 0.2) is 28.8 Å². The lowest BCUT2D eigenvalue weighted by atomic mass is 10.1. The molecule has 1 N–H and O–H groups in total. The molecule has 0 fully saturated rings. The number of furan rings is 1. The van der Waals surface area contributed by atoms with Crippen LogP contribution < -0.4 is 19.5 Å². The van der Waals surface area contributed by atoms with Crippen LogP contribution in [0.25, 0.3) is 11.5 Å². The van der Waals surface area contributed by atoms with Crippen LogP contribution in [0.3, 0.4) is 0 Å². The van der Waals surface area contributed by atoms with Gasteiger partial charge in [0.25, 0.3) is 0 Å². The van der Waals surface area contributed by atoms with Crippen molar-refractivity contribution in [2.45, 2.75) is 26.8 Å². The highest BCUT2D eigenvalue weighted by molar-refractivity contribution is 5.74. The molecular formula is C23H26N4O5. The van der Waals surface area contributed by atoms with E-state index in [1.807, 2.05) is 17.9 Å². The molecule has 0 unspecified atom stereocenters. The van der Waals surface area contributed by atoms with E-state index >= 15 is 0 Å². The Bertz CT molecular complexity index is 1130. The molecule has 0 bridgehead atoms. The van der Waals surface area contributed by atoms with E-state index < -0.39 is 0 Å². The summed E-state index contributed by atoms with van der Waals surface area (Å²) in [5.41, 5.74) is 3.28. The van der Waals surface area contributed by atoms with Crippen molar-refractivity contribution in [3.05, 3.63) is 41.3 Å². The second-order valence-electron chi connectivity index (χ2n) is 7.51. The summed E-state index contributed by atoms with van der Waals surface area (Å²) >= 11 is 0. The number of benzene rings is 1. The average molecular weight is 438 g/mol. The fraction of sp³-hybridized carbons (Fsp3) is 0.348. The number of hydrogen-bond donors (Lipinski definition) is 1. The van der Waals surface area contributed by atoms with Crippen molar-refractivity contribution in [2.75, 3.05) is 33.2 Å². The van der Waals surface area contributed by atoms with Crippen LogP contribution in [0.5, 0.6) is 17.2 Å². The highest BCUT2D eigenvalue weighted by atomic mass is 16.5. The van der Waals surface area contributed by atoms with Crippen molar-refractivity contribution in [1.29, 1.82) is 0 Å². The first kappa shape index (κ1) is 21.5. The van der Waals surface area contributed by atoms with Crippen LogP contribution >= 0.6 is 0 Å². The molecule has 0 radical (unpaired) electrons. The molecule has 1 aliphatic rings. The van der Waals surface area contributed by atoms with Crippen molar-refractivity contribution in [2.24, 2.45) is 0 Å². The molecule has 1 aromatic carbocycles. The lowest BCUT2D eigenvalue weighted by molar-refractivity contribution is -0.129. The number of fused-ring (bicyclic) bond motifs is 1. The third-order valence-electron chi connectivity index (χ3n) is 5.44. The standard InChI is InChI=1S/C23H26N4O5/c1-13-11-24-23(25-16-9-19(29-3)22(31-5)20(10-16)30-4)26-21(13)18-8-15-12-27(14(2)28)7-6-17(15)32-18/h8-11H,6-7,12H2,1-5H3,(H,24,25,26). The second kappa shape index (κ2) is 8.78. The Morgan fingerprint density at radius 1 is 1.12 bits per heavy atom. The average Bonchev–Trinajstić information content (AvgIpc) is 3.22. The minimum absolute atomic E-state index is 0.0634. The molecule has 3 heterocycles. The van der Waals surface area contributed by atoms with Gasteiger partial charge in [-0.25, -0.2) is 9.97 Å². The monoisotopic (exact) mass is 438 g/mol. The summed E-state index contributed by atoms with van der Waals surface area (Å²) in [5, 5.41) is 3.19. The fourth-order valence-electron chi connectivity index (χ4n) is 3.75. The van der Waals surface area contributed by atoms with Gasteiger partial charge in [-0.05, 0) is 18.6 Å². The zero-order valence-electron chi connectivity index (χ0n) is 18.8. The molecule has 0 saturated heterocycles. The number of ether oxygens (including phenoxy) is 3. The molecule has 1 aliphatic heterocycles. The van der Waals surface area contributed by atoms with Crippen molar-refractivity contribution in [3.63, 3.8) is 0 Å². The first-order valence-corrected chi connectivity index (χ1v) is 10.2. The van der Waals surface area contributed by atoms with Crippen LogP contribution in [0.2, 0.25) is 0 Å². The van der Waals surface area contributed by atoms with Crippen LogP contribution in [-0.2, 0) is 17.8 Å². The number of nitrogens with one attached hydrogen (secondary N) is 1. The van der Waals surface area contributed by atoms with Crippen LogP contribution in [0.1, 0.15) is 23.8 Å². The number of aryl methyl sites for hydroxylation is 1. The number of methoxy groups -OCH3 is 3. The summed E-state index contributed by atoms with van der Waals surface area (Å²) in [7, 11) is 4.68. The second-order valence-corrected chi connectivity index (χ2v) is 7.51. The van der Waals surface area contributed by atoms with Gasteiger partial charge < -0.3 is 28.8 Å². The van der Waals surface area contributed by atoms with E-state index in [1.165, 1.54) is 0 Å². The Morgan fingerprint density at radius 3 is 2.47 bits per heavy atom. The fourth-order valence-corrected chi connectivity index (χ4v) is 3.75. The number of hydrogen-bond acceptors (Lipinski definition) is 8. The molecule has 9 heteroatoms. The maximum Gasteiger partial charge on any atom is 0.227 e. The molecule has 0 spiro atoms. The van der Waals surface area contributed by atoms with Gasteiger partial charge in [0, 0.05) is 56.0 Å². The summed E-state index contributed by atoms with van der Waals surface area (Å²) < 4.78 is 22.3. The normalized spacial score (nSPS) is 12.8. The number of amides is 1.